The third kappa shape index (κ3) is 6.06. The van der Waals surface area contributed by atoms with E-state index in [2.05, 4.69) is 41.6 Å². The minimum atomic E-state index is -0.506. The van der Waals surface area contributed by atoms with Gasteiger partial charge in [-0.3, -0.25) is 9.59 Å². The maximum atomic E-state index is 12.3. The number of rotatable bonds is 5. The molecule has 2 fully saturated rings. The lowest BCUT2D eigenvalue weighted by molar-refractivity contribution is -0.122. The molecule has 8 heteroatoms. The molecule has 2 aliphatic rings. The number of carbonyl (C=O) groups is 2. The summed E-state index contributed by atoms with van der Waals surface area (Å²) in [5.74, 6) is 0.860. The lowest BCUT2D eigenvalue weighted by Crippen LogP contribution is -2.28. The lowest BCUT2D eigenvalue weighted by Gasteiger charge is -2.34. The third-order valence-electron chi connectivity index (χ3n) is 4.97. The fraction of sp³-hybridized carbons (Fsp3) is 0.524. The molecule has 2 N–H and O–H groups in total. The van der Waals surface area contributed by atoms with Crippen molar-refractivity contribution < 1.29 is 14.3 Å². The summed E-state index contributed by atoms with van der Waals surface area (Å²) in [5, 5.41) is 14.1. The highest BCUT2D eigenvalue weighted by Crippen LogP contribution is 2.37. The number of amidine groups is 1. The molecule has 29 heavy (non-hydrogen) atoms. The summed E-state index contributed by atoms with van der Waals surface area (Å²) in [7, 11) is 1.59. The Hall–Kier alpha value is -2.35. The number of nitrogens with one attached hydrogen (secondary N) is 2. The zero-order valence-electron chi connectivity index (χ0n) is 17.3. The van der Waals surface area contributed by atoms with Crippen molar-refractivity contribution in [2.24, 2.45) is 21.5 Å². The number of ether oxygens (including phenoxy) is 1. The van der Waals surface area contributed by atoms with Crippen LogP contribution >= 0.6 is 11.8 Å². The van der Waals surface area contributed by atoms with Crippen molar-refractivity contribution in [1.82, 2.24) is 5.32 Å². The SMILES string of the molecule is COc1ccc(NC(=O)CC2S/C(=N\N=C3\CC(C)CC(C)(C)C3)NC2=O)cc1. The summed E-state index contributed by atoms with van der Waals surface area (Å²) in [6.45, 7) is 6.72. The Balaban J connectivity index is 1.56. The molecule has 1 saturated heterocycles. The molecule has 2 atom stereocenters. The van der Waals surface area contributed by atoms with Gasteiger partial charge in [0.25, 0.3) is 0 Å². The van der Waals surface area contributed by atoms with Crippen molar-refractivity contribution in [2.45, 2.75) is 51.7 Å². The van der Waals surface area contributed by atoms with E-state index in [4.69, 9.17) is 4.74 Å². The van der Waals surface area contributed by atoms with Crippen molar-refractivity contribution in [3.05, 3.63) is 24.3 Å². The molecular formula is C21H28N4O3S. The number of amides is 2. The third-order valence-corrected chi connectivity index (χ3v) is 6.04. The van der Waals surface area contributed by atoms with Gasteiger partial charge >= 0.3 is 0 Å². The van der Waals surface area contributed by atoms with E-state index in [1.54, 1.807) is 31.4 Å². The molecule has 2 amide bonds. The van der Waals surface area contributed by atoms with E-state index in [1.807, 2.05) is 0 Å². The van der Waals surface area contributed by atoms with Crippen molar-refractivity contribution in [2.75, 3.05) is 12.4 Å². The molecule has 1 aliphatic heterocycles. The Morgan fingerprint density at radius 1 is 1.31 bits per heavy atom. The van der Waals surface area contributed by atoms with Crippen LogP contribution in [0.2, 0.25) is 0 Å². The van der Waals surface area contributed by atoms with Gasteiger partial charge in [0.1, 0.15) is 11.0 Å². The van der Waals surface area contributed by atoms with Crippen molar-refractivity contribution in [1.29, 1.82) is 0 Å². The summed E-state index contributed by atoms with van der Waals surface area (Å²) in [5.41, 5.74) is 1.95. The molecule has 1 aliphatic carbocycles. The van der Waals surface area contributed by atoms with Gasteiger partial charge in [-0.1, -0.05) is 32.5 Å². The zero-order valence-corrected chi connectivity index (χ0v) is 18.1. The molecule has 0 radical (unpaired) electrons. The highest BCUT2D eigenvalue weighted by Gasteiger charge is 2.33. The van der Waals surface area contributed by atoms with Crippen LogP contribution in [-0.4, -0.2) is 35.1 Å². The van der Waals surface area contributed by atoms with Crippen LogP contribution in [0.25, 0.3) is 0 Å². The van der Waals surface area contributed by atoms with E-state index in [0.29, 0.717) is 22.5 Å². The molecular weight excluding hydrogens is 388 g/mol. The van der Waals surface area contributed by atoms with Gasteiger partial charge in [-0.2, -0.15) is 5.10 Å². The van der Waals surface area contributed by atoms with E-state index in [9.17, 15) is 9.59 Å². The van der Waals surface area contributed by atoms with Gasteiger partial charge in [0, 0.05) is 17.8 Å². The molecule has 0 spiro atoms. The van der Waals surface area contributed by atoms with E-state index in [-0.39, 0.29) is 23.7 Å². The lowest BCUT2D eigenvalue weighted by atomic mass is 9.72. The van der Waals surface area contributed by atoms with Crippen LogP contribution in [0, 0.1) is 11.3 Å². The van der Waals surface area contributed by atoms with Gasteiger partial charge in [-0.15, -0.1) is 5.10 Å². The molecule has 0 aromatic heterocycles. The van der Waals surface area contributed by atoms with Crippen molar-refractivity contribution in [3.63, 3.8) is 0 Å². The van der Waals surface area contributed by atoms with Gasteiger partial charge in [0.2, 0.25) is 11.8 Å². The van der Waals surface area contributed by atoms with Crippen LogP contribution in [0.5, 0.6) is 5.75 Å². The second kappa shape index (κ2) is 8.98. The quantitative estimate of drug-likeness (QED) is 0.714. The summed E-state index contributed by atoms with van der Waals surface area (Å²) in [6, 6.07) is 7.05. The standard InChI is InChI=1S/C21H28N4O3S/c1-13-9-15(12-21(2,3)11-13)24-25-20-23-19(27)17(29-20)10-18(26)22-14-5-7-16(28-4)8-6-14/h5-8,13,17H,9-12H2,1-4H3,(H,22,26)(H,23,25,27)/b24-15-. The van der Waals surface area contributed by atoms with Gasteiger partial charge in [0.15, 0.2) is 5.17 Å². The molecule has 1 heterocycles. The van der Waals surface area contributed by atoms with E-state index >= 15 is 0 Å². The van der Waals surface area contributed by atoms with E-state index < -0.39 is 5.25 Å². The van der Waals surface area contributed by atoms with Crippen LogP contribution < -0.4 is 15.4 Å². The first-order valence-electron chi connectivity index (χ1n) is 9.79. The number of anilines is 1. The highest BCUT2D eigenvalue weighted by molar-refractivity contribution is 8.15. The second-order valence-electron chi connectivity index (χ2n) is 8.50. The van der Waals surface area contributed by atoms with Crippen LogP contribution in [0.1, 0.15) is 46.5 Å². The molecule has 1 saturated carbocycles. The summed E-state index contributed by atoms with van der Waals surface area (Å²) in [4.78, 5) is 24.5. The molecule has 1 aromatic rings. The van der Waals surface area contributed by atoms with Crippen LogP contribution in [0.15, 0.2) is 34.5 Å². The number of nitrogens with zero attached hydrogens (tertiary/aromatic N) is 2. The fourth-order valence-electron chi connectivity index (χ4n) is 3.95. The van der Waals surface area contributed by atoms with Gasteiger partial charge < -0.3 is 15.4 Å². The topological polar surface area (TPSA) is 92.2 Å². The van der Waals surface area contributed by atoms with Gasteiger partial charge in [0.05, 0.1) is 7.11 Å². The molecule has 2 unspecified atom stereocenters. The first kappa shape index (κ1) is 21.4. The number of benzene rings is 1. The average molecular weight is 417 g/mol. The number of hydrogen-bond donors (Lipinski definition) is 2. The first-order valence-corrected chi connectivity index (χ1v) is 10.7. The van der Waals surface area contributed by atoms with Crippen LogP contribution in [0.4, 0.5) is 5.69 Å². The Kier molecular flexibility index (Phi) is 6.62. The van der Waals surface area contributed by atoms with E-state index in [1.165, 1.54) is 18.2 Å². The van der Waals surface area contributed by atoms with Gasteiger partial charge in [-0.25, -0.2) is 0 Å². The number of carbonyl (C=O) groups excluding carboxylic acids is 2. The maximum Gasteiger partial charge on any atom is 0.240 e. The molecule has 156 valence electrons. The van der Waals surface area contributed by atoms with Crippen molar-refractivity contribution >= 4 is 40.1 Å². The molecule has 3 rings (SSSR count). The Morgan fingerprint density at radius 2 is 2.03 bits per heavy atom. The predicted octanol–water partition coefficient (Wildman–Crippen LogP) is 3.81. The number of methoxy groups -OCH3 is 1. The zero-order chi connectivity index (χ0) is 21.0. The molecule has 0 bridgehead atoms. The van der Waals surface area contributed by atoms with E-state index in [0.717, 1.165) is 18.6 Å². The normalized spacial score (nSPS) is 26.4. The van der Waals surface area contributed by atoms with Crippen LogP contribution in [0.3, 0.4) is 0 Å². The predicted molar refractivity (Wildman–Crippen MR) is 117 cm³/mol. The Labute approximate surface area is 175 Å². The fourth-order valence-corrected chi connectivity index (χ4v) is 4.87. The second-order valence-corrected chi connectivity index (χ2v) is 9.69. The average Bonchev–Trinajstić information content (AvgIpc) is 2.98. The summed E-state index contributed by atoms with van der Waals surface area (Å²) >= 11 is 1.25. The van der Waals surface area contributed by atoms with Crippen LogP contribution in [-0.2, 0) is 9.59 Å². The minimum absolute atomic E-state index is 0.0716. The smallest absolute Gasteiger partial charge is 0.240 e. The van der Waals surface area contributed by atoms with Crippen molar-refractivity contribution in [3.8, 4) is 5.75 Å². The first-order chi connectivity index (χ1) is 13.7. The number of thioether (sulfide) groups is 1. The number of hydrogen-bond acceptors (Lipinski definition) is 6. The monoisotopic (exact) mass is 416 g/mol. The van der Waals surface area contributed by atoms with Gasteiger partial charge in [-0.05, 0) is 54.9 Å². The highest BCUT2D eigenvalue weighted by atomic mass is 32.2. The Bertz CT molecular complexity index is 833. The summed E-state index contributed by atoms with van der Waals surface area (Å²) in [6.07, 6.45) is 3.11. The maximum absolute atomic E-state index is 12.3. The Morgan fingerprint density at radius 3 is 2.69 bits per heavy atom. The minimum Gasteiger partial charge on any atom is -0.497 e. The largest absolute Gasteiger partial charge is 0.497 e. The summed E-state index contributed by atoms with van der Waals surface area (Å²) < 4.78 is 5.10. The molecule has 1 aromatic carbocycles. The molecule has 7 nitrogen and oxygen atoms in total.